The van der Waals surface area contributed by atoms with Crippen molar-refractivity contribution >= 4 is 40.6 Å². The van der Waals surface area contributed by atoms with Crippen LogP contribution in [-0.4, -0.2) is 11.7 Å². The maximum Gasteiger partial charge on any atom is 0.291 e. The van der Waals surface area contributed by atoms with E-state index in [4.69, 9.17) is 23.2 Å². The monoisotopic (exact) mass is 231 g/mol. The molecular formula is C9H7Cl2NO2. The molecule has 14 heavy (non-hydrogen) atoms. The Labute approximate surface area is 91.0 Å². The minimum absolute atomic E-state index is 0.399. The molecule has 1 N–H and O–H groups in total. The second-order valence-corrected chi connectivity index (χ2v) is 3.54. The number of rotatable bonds is 2. The van der Waals surface area contributed by atoms with Gasteiger partial charge in [0.2, 0.25) is 5.78 Å². The van der Waals surface area contributed by atoms with Gasteiger partial charge < -0.3 is 5.32 Å². The average Bonchev–Trinajstić information content (AvgIpc) is 2.01. The first-order chi connectivity index (χ1) is 6.49. The fourth-order valence-corrected chi connectivity index (χ4v) is 1.37. The van der Waals surface area contributed by atoms with Crippen LogP contribution in [0.15, 0.2) is 18.2 Å². The molecule has 0 aliphatic rings. The van der Waals surface area contributed by atoms with Crippen molar-refractivity contribution in [2.75, 3.05) is 5.32 Å². The molecule has 0 fully saturated rings. The Kier molecular flexibility index (Phi) is 3.49. The van der Waals surface area contributed by atoms with Crippen molar-refractivity contribution in [2.24, 2.45) is 0 Å². The molecule has 1 aromatic carbocycles. The van der Waals surface area contributed by atoms with Gasteiger partial charge in [0.1, 0.15) is 0 Å². The molecule has 0 aromatic heterocycles. The molecule has 74 valence electrons. The number of halogens is 2. The summed E-state index contributed by atoms with van der Waals surface area (Å²) in [6.07, 6.45) is 0. The van der Waals surface area contributed by atoms with E-state index in [2.05, 4.69) is 5.32 Å². The normalized spacial score (nSPS) is 9.64. The minimum atomic E-state index is -0.691. The Morgan fingerprint density at radius 2 is 1.64 bits per heavy atom. The topological polar surface area (TPSA) is 46.2 Å². The summed E-state index contributed by atoms with van der Waals surface area (Å²) in [5.74, 6) is -1.26. The van der Waals surface area contributed by atoms with Crippen LogP contribution in [-0.2, 0) is 9.59 Å². The first-order valence-electron chi connectivity index (χ1n) is 3.77. The van der Waals surface area contributed by atoms with Gasteiger partial charge >= 0.3 is 0 Å². The van der Waals surface area contributed by atoms with Gasteiger partial charge in [0.15, 0.2) is 0 Å². The summed E-state index contributed by atoms with van der Waals surface area (Å²) < 4.78 is 0. The lowest BCUT2D eigenvalue weighted by atomic mass is 10.3. The number of carbonyl (C=O) groups is 2. The van der Waals surface area contributed by atoms with Crippen molar-refractivity contribution in [3.8, 4) is 0 Å². The lowest BCUT2D eigenvalue weighted by Crippen LogP contribution is -2.19. The van der Waals surface area contributed by atoms with Crippen LogP contribution in [0.25, 0.3) is 0 Å². The molecule has 1 aromatic rings. The summed E-state index contributed by atoms with van der Waals surface area (Å²) in [6, 6.07) is 4.55. The van der Waals surface area contributed by atoms with Crippen molar-refractivity contribution in [1.29, 1.82) is 0 Å². The van der Waals surface area contributed by atoms with Crippen LogP contribution >= 0.6 is 23.2 Å². The fourth-order valence-electron chi connectivity index (χ4n) is 0.845. The molecule has 1 amide bonds. The van der Waals surface area contributed by atoms with Gasteiger partial charge in [-0.2, -0.15) is 0 Å². The Morgan fingerprint density at radius 3 is 2.07 bits per heavy atom. The van der Waals surface area contributed by atoms with Gasteiger partial charge in [-0.25, -0.2) is 0 Å². The van der Waals surface area contributed by atoms with Crippen LogP contribution in [0.1, 0.15) is 6.92 Å². The molecule has 0 unspecified atom stereocenters. The Balaban J connectivity index is 2.87. The lowest BCUT2D eigenvalue weighted by molar-refractivity contribution is -0.133. The van der Waals surface area contributed by atoms with E-state index in [9.17, 15) is 9.59 Å². The standard InChI is InChI=1S/C9H7Cl2NO2/c1-5(13)9(14)12-8-3-6(10)2-7(11)4-8/h2-4H,1H3,(H,12,14). The SMILES string of the molecule is CC(=O)C(=O)Nc1cc(Cl)cc(Cl)c1. The molecule has 0 aliphatic carbocycles. The van der Waals surface area contributed by atoms with Crippen LogP contribution in [0.4, 0.5) is 5.69 Å². The van der Waals surface area contributed by atoms with E-state index < -0.39 is 11.7 Å². The zero-order valence-electron chi connectivity index (χ0n) is 7.30. The van der Waals surface area contributed by atoms with E-state index in [0.29, 0.717) is 15.7 Å². The molecule has 0 heterocycles. The molecule has 0 saturated heterocycles. The van der Waals surface area contributed by atoms with Gasteiger partial charge in [-0.15, -0.1) is 0 Å². The second kappa shape index (κ2) is 4.44. The molecular weight excluding hydrogens is 225 g/mol. The van der Waals surface area contributed by atoms with Crippen molar-refractivity contribution in [1.82, 2.24) is 0 Å². The van der Waals surface area contributed by atoms with E-state index in [1.165, 1.54) is 25.1 Å². The highest BCUT2D eigenvalue weighted by Crippen LogP contribution is 2.22. The summed E-state index contributed by atoms with van der Waals surface area (Å²) in [5.41, 5.74) is 0.405. The van der Waals surface area contributed by atoms with Crippen LogP contribution in [0.2, 0.25) is 10.0 Å². The third kappa shape index (κ3) is 3.01. The smallest absolute Gasteiger partial charge is 0.291 e. The molecule has 0 atom stereocenters. The lowest BCUT2D eigenvalue weighted by Gasteiger charge is -2.03. The molecule has 0 spiro atoms. The van der Waals surface area contributed by atoms with E-state index in [1.807, 2.05) is 0 Å². The quantitative estimate of drug-likeness (QED) is 0.796. The van der Waals surface area contributed by atoms with Crippen LogP contribution < -0.4 is 5.32 Å². The molecule has 0 radical (unpaired) electrons. The number of ketones is 1. The largest absolute Gasteiger partial charge is 0.319 e. The van der Waals surface area contributed by atoms with Crippen molar-refractivity contribution in [3.63, 3.8) is 0 Å². The van der Waals surface area contributed by atoms with Crippen molar-refractivity contribution in [3.05, 3.63) is 28.2 Å². The number of hydrogen-bond acceptors (Lipinski definition) is 2. The summed E-state index contributed by atoms with van der Waals surface area (Å²) >= 11 is 11.4. The van der Waals surface area contributed by atoms with Gasteiger partial charge in [0.05, 0.1) is 0 Å². The highest BCUT2D eigenvalue weighted by atomic mass is 35.5. The molecule has 1 rings (SSSR count). The summed E-state index contributed by atoms with van der Waals surface area (Å²) in [5, 5.41) is 3.16. The summed E-state index contributed by atoms with van der Waals surface area (Å²) in [7, 11) is 0. The highest BCUT2D eigenvalue weighted by Gasteiger charge is 2.08. The third-order valence-corrected chi connectivity index (χ3v) is 1.88. The average molecular weight is 232 g/mol. The Morgan fingerprint density at radius 1 is 1.14 bits per heavy atom. The Bertz CT molecular complexity index is 370. The van der Waals surface area contributed by atoms with E-state index in [0.717, 1.165) is 0 Å². The molecule has 5 heteroatoms. The number of benzene rings is 1. The van der Waals surface area contributed by atoms with Gasteiger partial charge in [0.25, 0.3) is 5.91 Å². The van der Waals surface area contributed by atoms with Crippen molar-refractivity contribution < 1.29 is 9.59 Å². The Hall–Kier alpha value is -1.06. The predicted octanol–water partition coefficient (Wildman–Crippen LogP) is 2.52. The van der Waals surface area contributed by atoms with E-state index in [1.54, 1.807) is 0 Å². The van der Waals surface area contributed by atoms with Crippen LogP contribution in [0.3, 0.4) is 0 Å². The second-order valence-electron chi connectivity index (χ2n) is 2.67. The van der Waals surface area contributed by atoms with Crippen molar-refractivity contribution in [2.45, 2.75) is 6.92 Å². The number of amides is 1. The van der Waals surface area contributed by atoms with Gasteiger partial charge in [-0.1, -0.05) is 23.2 Å². The van der Waals surface area contributed by atoms with Crippen LogP contribution in [0.5, 0.6) is 0 Å². The maximum atomic E-state index is 11.0. The first-order valence-corrected chi connectivity index (χ1v) is 4.52. The number of carbonyl (C=O) groups excluding carboxylic acids is 2. The zero-order chi connectivity index (χ0) is 10.7. The molecule has 3 nitrogen and oxygen atoms in total. The third-order valence-electron chi connectivity index (χ3n) is 1.44. The summed E-state index contributed by atoms with van der Waals surface area (Å²) in [4.78, 5) is 21.6. The zero-order valence-corrected chi connectivity index (χ0v) is 8.82. The summed E-state index contributed by atoms with van der Waals surface area (Å²) in [6.45, 7) is 1.18. The first kappa shape index (κ1) is 11.0. The molecule has 0 bridgehead atoms. The number of anilines is 1. The highest BCUT2D eigenvalue weighted by molar-refractivity contribution is 6.40. The van der Waals surface area contributed by atoms with E-state index >= 15 is 0 Å². The molecule has 0 aliphatic heterocycles. The van der Waals surface area contributed by atoms with Crippen LogP contribution in [0, 0.1) is 0 Å². The number of hydrogen-bond donors (Lipinski definition) is 1. The minimum Gasteiger partial charge on any atom is -0.319 e. The predicted molar refractivity (Wildman–Crippen MR) is 55.8 cm³/mol. The maximum absolute atomic E-state index is 11.0. The van der Waals surface area contributed by atoms with Gasteiger partial charge in [-0.3, -0.25) is 9.59 Å². The fraction of sp³-hybridized carbons (Fsp3) is 0.111. The number of nitrogens with one attached hydrogen (secondary N) is 1. The van der Waals surface area contributed by atoms with Gasteiger partial charge in [0, 0.05) is 22.7 Å². The molecule has 0 saturated carbocycles. The van der Waals surface area contributed by atoms with E-state index in [-0.39, 0.29) is 0 Å². The number of Topliss-reactive ketones (excluding diaryl/α,β-unsaturated/α-hetero) is 1. The van der Waals surface area contributed by atoms with Gasteiger partial charge in [-0.05, 0) is 18.2 Å².